The van der Waals surface area contributed by atoms with Crippen LogP contribution >= 0.6 is 22.9 Å². The van der Waals surface area contributed by atoms with Gasteiger partial charge in [-0.15, -0.1) is 11.3 Å². The number of carbonyl (C=O) groups excluding carboxylic acids is 1. The number of para-hydroxylation sites is 1. The van der Waals surface area contributed by atoms with E-state index in [0.717, 1.165) is 32.5 Å². The monoisotopic (exact) mass is 486 g/mol. The van der Waals surface area contributed by atoms with E-state index in [1.807, 2.05) is 59.0 Å². The second-order valence-electron chi connectivity index (χ2n) is 8.08. The van der Waals surface area contributed by atoms with Gasteiger partial charge in [-0.2, -0.15) is 9.61 Å². The Morgan fingerprint density at radius 1 is 1.15 bits per heavy atom. The van der Waals surface area contributed by atoms with Crippen LogP contribution in [-0.4, -0.2) is 43.5 Å². The van der Waals surface area contributed by atoms with Crippen LogP contribution in [0.5, 0.6) is 0 Å². The van der Waals surface area contributed by atoms with Crippen molar-refractivity contribution in [2.75, 3.05) is 18.8 Å². The molecule has 1 aliphatic heterocycles. The molecule has 6 rings (SSSR count). The molecule has 5 aromatic rings. The molecule has 4 aromatic heterocycles. The van der Waals surface area contributed by atoms with Crippen LogP contribution in [0.15, 0.2) is 66.3 Å². The number of nitrogens with zero attached hydrogens (tertiary/aromatic N) is 5. The number of carbonyl (C=O) groups is 1. The average molecular weight is 487 g/mol. The van der Waals surface area contributed by atoms with E-state index in [9.17, 15) is 4.79 Å². The van der Waals surface area contributed by atoms with Crippen molar-refractivity contribution >= 4 is 56.8 Å². The van der Waals surface area contributed by atoms with Crippen LogP contribution in [0.25, 0.3) is 33.3 Å². The van der Waals surface area contributed by atoms with E-state index in [4.69, 9.17) is 22.3 Å². The van der Waals surface area contributed by atoms with Crippen molar-refractivity contribution in [3.05, 3.63) is 81.9 Å². The largest absolute Gasteiger partial charge is 0.382 e. The normalized spacial score (nSPS) is 14.0. The van der Waals surface area contributed by atoms with Crippen LogP contribution in [0.1, 0.15) is 21.8 Å². The molecule has 0 fully saturated rings. The molecule has 34 heavy (non-hydrogen) atoms. The zero-order valence-electron chi connectivity index (χ0n) is 18.0. The van der Waals surface area contributed by atoms with Crippen molar-refractivity contribution in [3.63, 3.8) is 0 Å². The number of amides is 1. The van der Waals surface area contributed by atoms with Crippen LogP contribution in [0.3, 0.4) is 0 Å². The number of pyridine rings is 1. The molecule has 9 heteroatoms. The van der Waals surface area contributed by atoms with Crippen LogP contribution in [-0.2, 0) is 0 Å². The summed E-state index contributed by atoms with van der Waals surface area (Å²) >= 11 is 8.09. The number of halogens is 1. The first-order valence-corrected chi connectivity index (χ1v) is 12.1. The molecule has 0 atom stereocenters. The van der Waals surface area contributed by atoms with E-state index >= 15 is 0 Å². The summed E-state index contributed by atoms with van der Waals surface area (Å²) in [5.74, 6) is 0.376. The minimum Gasteiger partial charge on any atom is -0.382 e. The lowest BCUT2D eigenvalue weighted by Gasteiger charge is -2.26. The minimum atomic E-state index is 0.0428. The molecule has 1 aliphatic rings. The van der Waals surface area contributed by atoms with Crippen LogP contribution in [0.4, 0.5) is 5.82 Å². The molecule has 0 bridgehead atoms. The SMILES string of the molecule is Nc1c(Cl)c(C2=CCN(C(=O)c3cccs3)CC2)nc2c(-c3cnc4ccccc4c3)cnn12. The lowest BCUT2D eigenvalue weighted by Crippen LogP contribution is -2.34. The predicted octanol–water partition coefficient (Wildman–Crippen LogP) is 5.17. The molecule has 1 amide bonds. The Bertz CT molecular complexity index is 1590. The van der Waals surface area contributed by atoms with Gasteiger partial charge in [-0.3, -0.25) is 9.78 Å². The van der Waals surface area contributed by atoms with E-state index in [1.54, 1.807) is 10.7 Å². The number of benzene rings is 1. The first-order chi connectivity index (χ1) is 16.6. The van der Waals surface area contributed by atoms with E-state index in [2.05, 4.69) is 16.1 Å². The van der Waals surface area contributed by atoms with E-state index in [0.29, 0.717) is 41.7 Å². The maximum atomic E-state index is 12.7. The zero-order valence-corrected chi connectivity index (χ0v) is 19.6. The minimum absolute atomic E-state index is 0.0428. The number of thiophene rings is 1. The van der Waals surface area contributed by atoms with Gasteiger partial charge in [0.25, 0.3) is 5.91 Å². The van der Waals surface area contributed by atoms with Gasteiger partial charge < -0.3 is 10.6 Å². The third-order valence-corrected chi connectivity index (χ3v) is 7.29. The number of rotatable bonds is 3. The third kappa shape index (κ3) is 3.43. The van der Waals surface area contributed by atoms with Crippen LogP contribution < -0.4 is 5.73 Å². The number of nitrogens with two attached hydrogens (primary N) is 1. The molecule has 0 saturated carbocycles. The molecule has 5 heterocycles. The Morgan fingerprint density at radius 3 is 2.82 bits per heavy atom. The molecule has 0 saturated heterocycles. The molecular formula is C25H19ClN6OS. The van der Waals surface area contributed by atoms with Gasteiger partial charge in [0.05, 0.1) is 22.3 Å². The van der Waals surface area contributed by atoms with E-state index in [-0.39, 0.29) is 5.91 Å². The van der Waals surface area contributed by atoms with Gasteiger partial charge in [0.1, 0.15) is 10.8 Å². The lowest BCUT2D eigenvalue weighted by atomic mass is 10.0. The van der Waals surface area contributed by atoms with Gasteiger partial charge in [0.2, 0.25) is 0 Å². The van der Waals surface area contributed by atoms with E-state index < -0.39 is 0 Å². The fourth-order valence-electron chi connectivity index (χ4n) is 4.25. The first-order valence-electron chi connectivity index (χ1n) is 10.8. The van der Waals surface area contributed by atoms with Crippen molar-refractivity contribution in [1.82, 2.24) is 24.5 Å². The molecule has 0 aliphatic carbocycles. The Kier molecular flexibility index (Phi) is 5.04. The Labute approximate surface area is 204 Å². The second kappa shape index (κ2) is 8.23. The van der Waals surface area contributed by atoms with Gasteiger partial charge in [0.15, 0.2) is 5.65 Å². The van der Waals surface area contributed by atoms with Crippen molar-refractivity contribution in [3.8, 4) is 11.1 Å². The summed E-state index contributed by atoms with van der Waals surface area (Å²) in [5, 5.41) is 7.74. The highest BCUT2D eigenvalue weighted by Crippen LogP contribution is 2.35. The fraction of sp³-hybridized carbons (Fsp3) is 0.120. The summed E-state index contributed by atoms with van der Waals surface area (Å²) in [6.45, 7) is 1.09. The summed E-state index contributed by atoms with van der Waals surface area (Å²) in [5.41, 5.74) is 11.2. The number of hydrogen-bond donors (Lipinski definition) is 1. The smallest absolute Gasteiger partial charge is 0.264 e. The van der Waals surface area contributed by atoms with Gasteiger partial charge in [-0.25, -0.2) is 4.98 Å². The molecule has 0 unspecified atom stereocenters. The highest BCUT2D eigenvalue weighted by atomic mass is 35.5. The molecule has 0 spiro atoms. The van der Waals surface area contributed by atoms with Crippen molar-refractivity contribution in [1.29, 1.82) is 0 Å². The molecule has 7 nitrogen and oxygen atoms in total. The van der Waals surface area contributed by atoms with Gasteiger partial charge in [-0.1, -0.05) is 41.9 Å². The predicted molar refractivity (Wildman–Crippen MR) is 136 cm³/mol. The number of hydrogen-bond acceptors (Lipinski definition) is 6. The molecule has 1 aromatic carbocycles. The maximum Gasteiger partial charge on any atom is 0.264 e. The standard InChI is InChI=1S/C25H19ClN6OS/c26-21-22(15-7-9-31(10-8-15)25(33)20-6-3-11-34-20)30-24-18(14-29-32(24)23(21)27)17-12-16-4-1-2-5-19(16)28-13-17/h1-7,11-14H,8-10,27H2. The fourth-order valence-corrected chi connectivity index (χ4v) is 5.19. The Balaban J connectivity index is 1.39. The summed E-state index contributed by atoms with van der Waals surface area (Å²) in [7, 11) is 0. The number of fused-ring (bicyclic) bond motifs is 2. The third-order valence-electron chi connectivity index (χ3n) is 6.06. The molecule has 2 N–H and O–H groups in total. The number of nitrogen functional groups attached to an aromatic ring is 1. The number of aromatic nitrogens is 4. The summed E-state index contributed by atoms with van der Waals surface area (Å²) in [6.07, 6.45) is 6.20. The van der Waals surface area contributed by atoms with Crippen LogP contribution in [0, 0.1) is 0 Å². The first kappa shape index (κ1) is 20.8. The van der Waals surface area contributed by atoms with Crippen molar-refractivity contribution in [2.45, 2.75) is 6.42 Å². The van der Waals surface area contributed by atoms with Crippen LogP contribution in [0.2, 0.25) is 5.02 Å². The van der Waals surface area contributed by atoms with Gasteiger partial charge >= 0.3 is 0 Å². The highest BCUT2D eigenvalue weighted by molar-refractivity contribution is 7.12. The molecule has 168 valence electrons. The highest BCUT2D eigenvalue weighted by Gasteiger charge is 2.24. The molecule has 0 radical (unpaired) electrons. The Morgan fingerprint density at radius 2 is 2.03 bits per heavy atom. The maximum absolute atomic E-state index is 12.7. The number of anilines is 1. The topological polar surface area (TPSA) is 89.4 Å². The second-order valence-corrected chi connectivity index (χ2v) is 9.40. The van der Waals surface area contributed by atoms with Gasteiger partial charge in [-0.05, 0) is 35.6 Å². The zero-order chi connectivity index (χ0) is 23.2. The van der Waals surface area contributed by atoms with E-state index in [1.165, 1.54) is 11.3 Å². The molecular weight excluding hydrogens is 468 g/mol. The van der Waals surface area contributed by atoms with Crippen molar-refractivity contribution in [2.24, 2.45) is 0 Å². The average Bonchev–Trinajstić information content (AvgIpc) is 3.56. The lowest BCUT2D eigenvalue weighted by molar-refractivity contribution is 0.0777. The van der Waals surface area contributed by atoms with Crippen molar-refractivity contribution < 1.29 is 4.79 Å². The quantitative estimate of drug-likeness (QED) is 0.380. The Hall–Kier alpha value is -3.75. The summed E-state index contributed by atoms with van der Waals surface area (Å²) in [4.78, 5) is 24.7. The van der Waals surface area contributed by atoms with Gasteiger partial charge in [0, 0.05) is 35.8 Å². The summed E-state index contributed by atoms with van der Waals surface area (Å²) < 4.78 is 1.56. The summed E-state index contributed by atoms with van der Waals surface area (Å²) in [6, 6.07) is 13.8.